The van der Waals surface area contributed by atoms with E-state index in [1.807, 2.05) is 5.38 Å². The van der Waals surface area contributed by atoms with E-state index in [-0.39, 0.29) is 0 Å². The van der Waals surface area contributed by atoms with Gasteiger partial charge in [-0.3, -0.25) is 11.3 Å². The zero-order valence-electron chi connectivity index (χ0n) is 5.50. The predicted octanol–water partition coefficient (Wildman–Crippen LogP) is 0.0183. The smallest absolute Gasteiger partial charge is 0.182 e. The molecule has 0 saturated carbocycles. The summed E-state index contributed by atoms with van der Waals surface area (Å²) in [7, 11) is 0. The molecule has 0 atom stereocenters. The second-order valence-corrected chi connectivity index (χ2v) is 2.61. The molecule has 1 aromatic heterocycles. The fourth-order valence-corrected chi connectivity index (χ4v) is 1.11. The third kappa shape index (κ3) is 2.30. The largest absolute Gasteiger partial charge is 0.360 e. The Bertz CT molecular complexity index is 162. The van der Waals surface area contributed by atoms with E-state index in [4.69, 9.17) is 5.84 Å². The molecule has 0 saturated heterocycles. The van der Waals surface area contributed by atoms with Crippen LogP contribution in [0.4, 0.5) is 5.13 Å². The van der Waals surface area contributed by atoms with Crippen LogP contribution >= 0.6 is 11.3 Å². The molecular formula is C5H10N4S. The van der Waals surface area contributed by atoms with Crippen LogP contribution in [0.1, 0.15) is 0 Å². The Morgan fingerprint density at radius 2 is 2.50 bits per heavy atom. The van der Waals surface area contributed by atoms with E-state index in [0.29, 0.717) is 0 Å². The number of nitrogens with zero attached hydrogens (tertiary/aromatic N) is 1. The van der Waals surface area contributed by atoms with E-state index < -0.39 is 0 Å². The molecule has 4 N–H and O–H groups in total. The van der Waals surface area contributed by atoms with Crippen molar-refractivity contribution in [3.05, 3.63) is 11.6 Å². The first-order chi connectivity index (χ1) is 4.93. The first-order valence-corrected chi connectivity index (χ1v) is 3.88. The number of hydrogen-bond acceptors (Lipinski definition) is 5. The molecule has 0 fully saturated rings. The second kappa shape index (κ2) is 4.21. The number of hydrogen-bond donors (Lipinski definition) is 3. The van der Waals surface area contributed by atoms with E-state index in [2.05, 4.69) is 15.7 Å². The maximum absolute atomic E-state index is 5.06. The van der Waals surface area contributed by atoms with Crippen molar-refractivity contribution in [2.45, 2.75) is 0 Å². The van der Waals surface area contributed by atoms with Gasteiger partial charge >= 0.3 is 0 Å². The monoisotopic (exact) mass is 158 g/mol. The fraction of sp³-hybridized carbons (Fsp3) is 0.400. The normalized spacial score (nSPS) is 9.70. The number of thiazole rings is 1. The lowest BCUT2D eigenvalue weighted by molar-refractivity contribution is 0.753. The van der Waals surface area contributed by atoms with Crippen LogP contribution in [0.2, 0.25) is 0 Å². The highest BCUT2D eigenvalue weighted by atomic mass is 32.1. The zero-order chi connectivity index (χ0) is 7.23. The van der Waals surface area contributed by atoms with Crippen molar-refractivity contribution in [1.82, 2.24) is 10.4 Å². The van der Waals surface area contributed by atoms with Crippen LogP contribution in [-0.2, 0) is 0 Å². The molecule has 4 nitrogen and oxygen atoms in total. The Kier molecular flexibility index (Phi) is 3.14. The van der Waals surface area contributed by atoms with Crippen molar-refractivity contribution < 1.29 is 0 Å². The van der Waals surface area contributed by atoms with Gasteiger partial charge in [-0.15, -0.1) is 11.3 Å². The molecule has 1 rings (SSSR count). The molecular weight excluding hydrogens is 148 g/mol. The molecule has 5 heteroatoms. The fourth-order valence-electron chi connectivity index (χ4n) is 0.552. The van der Waals surface area contributed by atoms with E-state index in [0.717, 1.165) is 18.2 Å². The molecule has 1 aromatic rings. The molecule has 0 amide bonds. The molecule has 0 aliphatic heterocycles. The van der Waals surface area contributed by atoms with Gasteiger partial charge in [0.25, 0.3) is 0 Å². The third-order valence-electron chi connectivity index (χ3n) is 0.978. The first kappa shape index (κ1) is 7.46. The maximum Gasteiger partial charge on any atom is 0.182 e. The zero-order valence-corrected chi connectivity index (χ0v) is 6.32. The highest BCUT2D eigenvalue weighted by molar-refractivity contribution is 7.13. The second-order valence-electron chi connectivity index (χ2n) is 1.72. The van der Waals surface area contributed by atoms with Gasteiger partial charge in [-0.2, -0.15) is 0 Å². The van der Waals surface area contributed by atoms with E-state index in [9.17, 15) is 0 Å². The van der Waals surface area contributed by atoms with Gasteiger partial charge in [0.1, 0.15) is 0 Å². The Morgan fingerprint density at radius 3 is 3.10 bits per heavy atom. The van der Waals surface area contributed by atoms with Gasteiger partial charge < -0.3 is 5.32 Å². The van der Waals surface area contributed by atoms with Gasteiger partial charge in [-0.05, 0) is 0 Å². The molecule has 0 spiro atoms. The molecule has 56 valence electrons. The highest BCUT2D eigenvalue weighted by Crippen LogP contribution is 2.08. The Balaban J connectivity index is 2.15. The number of nitrogens with two attached hydrogens (primary N) is 1. The van der Waals surface area contributed by atoms with Crippen molar-refractivity contribution in [2.75, 3.05) is 18.4 Å². The van der Waals surface area contributed by atoms with Crippen LogP contribution in [0, 0.1) is 0 Å². The van der Waals surface area contributed by atoms with Crippen LogP contribution in [0.25, 0.3) is 0 Å². The van der Waals surface area contributed by atoms with Crippen molar-refractivity contribution in [3.63, 3.8) is 0 Å². The lowest BCUT2D eigenvalue weighted by Crippen LogP contribution is -2.27. The predicted molar refractivity (Wildman–Crippen MR) is 42.8 cm³/mol. The van der Waals surface area contributed by atoms with Gasteiger partial charge in [-0.25, -0.2) is 4.98 Å². The summed E-state index contributed by atoms with van der Waals surface area (Å²) in [4.78, 5) is 4.03. The third-order valence-corrected chi connectivity index (χ3v) is 1.71. The van der Waals surface area contributed by atoms with Gasteiger partial charge in [0.2, 0.25) is 0 Å². The summed E-state index contributed by atoms with van der Waals surface area (Å²) >= 11 is 1.58. The molecule has 0 radical (unpaired) electrons. The van der Waals surface area contributed by atoms with Crippen LogP contribution < -0.4 is 16.6 Å². The summed E-state index contributed by atoms with van der Waals surface area (Å²) in [5, 5.41) is 5.96. The molecule has 0 aliphatic rings. The first-order valence-electron chi connectivity index (χ1n) is 3.00. The summed E-state index contributed by atoms with van der Waals surface area (Å²) in [5.41, 5.74) is 2.54. The summed E-state index contributed by atoms with van der Waals surface area (Å²) in [6.07, 6.45) is 1.77. The minimum atomic E-state index is 0.750. The summed E-state index contributed by atoms with van der Waals surface area (Å²) in [6, 6.07) is 0. The summed E-state index contributed by atoms with van der Waals surface area (Å²) in [6.45, 7) is 1.56. The van der Waals surface area contributed by atoms with Gasteiger partial charge in [0, 0.05) is 24.7 Å². The number of nitrogens with one attached hydrogen (secondary N) is 2. The molecule has 0 aromatic carbocycles. The highest BCUT2D eigenvalue weighted by Gasteiger charge is 1.89. The van der Waals surface area contributed by atoms with E-state index in [1.54, 1.807) is 17.5 Å². The minimum absolute atomic E-state index is 0.750. The SMILES string of the molecule is NNCCNc1nccs1. The number of rotatable bonds is 4. The van der Waals surface area contributed by atoms with E-state index >= 15 is 0 Å². The van der Waals surface area contributed by atoms with E-state index in [1.165, 1.54) is 0 Å². The van der Waals surface area contributed by atoms with Crippen LogP contribution in [-0.4, -0.2) is 18.1 Å². The number of hydrazine groups is 1. The molecule has 0 unspecified atom stereocenters. The maximum atomic E-state index is 5.06. The lowest BCUT2D eigenvalue weighted by Gasteiger charge is -1.99. The van der Waals surface area contributed by atoms with Gasteiger partial charge in [-0.1, -0.05) is 0 Å². The minimum Gasteiger partial charge on any atom is -0.360 e. The molecule has 1 heterocycles. The standard InChI is InChI=1S/C5H10N4S/c6-9-2-1-7-5-8-3-4-10-5/h3-4,9H,1-2,6H2,(H,7,8). The quantitative estimate of drug-likeness (QED) is 0.328. The summed E-state index contributed by atoms with van der Waals surface area (Å²) in [5.74, 6) is 5.06. The topological polar surface area (TPSA) is 63.0 Å². The number of aromatic nitrogens is 1. The van der Waals surface area contributed by atoms with Crippen molar-refractivity contribution in [1.29, 1.82) is 0 Å². The average molecular weight is 158 g/mol. The van der Waals surface area contributed by atoms with Gasteiger partial charge in [0.05, 0.1) is 0 Å². The Labute approximate surface area is 63.4 Å². The van der Waals surface area contributed by atoms with Crippen molar-refractivity contribution >= 4 is 16.5 Å². The Morgan fingerprint density at radius 1 is 1.60 bits per heavy atom. The average Bonchev–Trinajstić information content (AvgIpc) is 2.41. The van der Waals surface area contributed by atoms with Crippen molar-refractivity contribution in [2.24, 2.45) is 5.84 Å². The number of anilines is 1. The molecule has 10 heavy (non-hydrogen) atoms. The van der Waals surface area contributed by atoms with Crippen LogP contribution in [0.5, 0.6) is 0 Å². The molecule has 0 bridgehead atoms. The Hall–Kier alpha value is -0.650. The molecule has 0 aliphatic carbocycles. The van der Waals surface area contributed by atoms with Gasteiger partial charge in [0.15, 0.2) is 5.13 Å². The van der Waals surface area contributed by atoms with Crippen molar-refractivity contribution in [3.8, 4) is 0 Å². The lowest BCUT2D eigenvalue weighted by atomic mass is 10.6. The van der Waals surface area contributed by atoms with Crippen LogP contribution in [0.3, 0.4) is 0 Å². The summed E-state index contributed by atoms with van der Waals surface area (Å²) < 4.78 is 0. The van der Waals surface area contributed by atoms with Crippen LogP contribution in [0.15, 0.2) is 11.6 Å².